The predicted octanol–water partition coefficient (Wildman–Crippen LogP) is 5.46. The Kier molecular flexibility index (Phi) is 4.67. The molecule has 4 rings (SSSR count). The maximum absolute atomic E-state index is 13.1. The second kappa shape index (κ2) is 6.99. The number of hydrogen-bond acceptors (Lipinski definition) is 3. The molecule has 1 N–H and O–H groups in total. The fourth-order valence-corrected chi connectivity index (χ4v) is 3.64. The fourth-order valence-electron chi connectivity index (χ4n) is 3.28. The van der Waals surface area contributed by atoms with Crippen LogP contribution in [0.2, 0.25) is 0 Å². The Labute approximate surface area is 162 Å². The van der Waals surface area contributed by atoms with E-state index in [-0.39, 0.29) is 0 Å². The molecule has 0 saturated carbocycles. The molecule has 4 nitrogen and oxygen atoms in total. The zero-order valence-electron chi connectivity index (χ0n) is 14.2. The quantitative estimate of drug-likeness (QED) is 0.579. The molecule has 3 heterocycles. The molecule has 0 atom stereocenters. The number of nitrogens with one attached hydrogen (secondary N) is 1. The maximum Gasteiger partial charge on any atom is 0.416 e. The fraction of sp³-hybridized carbons (Fsp3) is 0.263. The molecular formula is C19H16BrF3N4. The molecule has 2 aromatic heterocycles. The molecule has 1 aromatic carbocycles. The van der Waals surface area contributed by atoms with E-state index in [2.05, 4.69) is 31.3 Å². The van der Waals surface area contributed by atoms with Crippen molar-refractivity contribution >= 4 is 21.7 Å². The van der Waals surface area contributed by atoms with Crippen molar-refractivity contribution in [3.63, 3.8) is 0 Å². The van der Waals surface area contributed by atoms with Gasteiger partial charge in [0, 0.05) is 34.5 Å². The van der Waals surface area contributed by atoms with E-state index in [9.17, 15) is 13.2 Å². The number of anilines is 1. The van der Waals surface area contributed by atoms with Crippen LogP contribution in [0.4, 0.5) is 19.0 Å². The number of benzene rings is 1. The SMILES string of the molecule is FC(F)(F)c1cccc(-n2nc(-c3cncc(Br)c3)c3c2NCCCC3)c1. The summed E-state index contributed by atoms with van der Waals surface area (Å²) in [5.41, 5.74) is 2.26. The van der Waals surface area contributed by atoms with Gasteiger partial charge in [-0.05, 0) is 59.5 Å². The van der Waals surface area contributed by atoms with E-state index in [1.807, 2.05) is 6.07 Å². The number of alkyl halides is 3. The van der Waals surface area contributed by atoms with E-state index >= 15 is 0 Å². The highest BCUT2D eigenvalue weighted by molar-refractivity contribution is 9.10. The number of fused-ring (bicyclic) bond motifs is 1. The second-order valence-corrected chi connectivity index (χ2v) is 7.33. The Morgan fingerprint density at radius 2 is 1.96 bits per heavy atom. The van der Waals surface area contributed by atoms with E-state index in [1.54, 1.807) is 23.1 Å². The third kappa shape index (κ3) is 3.58. The number of halogens is 4. The average Bonchev–Trinajstić information content (AvgIpc) is 2.82. The van der Waals surface area contributed by atoms with E-state index < -0.39 is 11.7 Å². The number of pyridine rings is 1. The van der Waals surface area contributed by atoms with Crippen molar-refractivity contribution in [3.05, 3.63) is 58.3 Å². The summed E-state index contributed by atoms with van der Waals surface area (Å²) in [7, 11) is 0. The number of nitrogens with zero attached hydrogens (tertiary/aromatic N) is 3. The standard InChI is InChI=1S/C19H16BrF3N4/c20-14-8-12(10-24-11-14)17-16-6-1-2-7-25-18(16)27(26-17)15-5-3-4-13(9-15)19(21,22)23/h3-5,8-11,25H,1-2,6-7H2. The Bertz CT molecular complexity index is 981. The highest BCUT2D eigenvalue weighted by atomic mass is 79.9. The van der Waals surface area contributed by atoms with Gasteiger partial charge in [-0.15, -0.1) is 0 Å². The largest absolute Gasteiger partial charge is 0.416 e. The lowest BCUT2D eigenvalue weighted by Crippen LogP contribution is -2.09. The molecule has 0 aliphatic carbocycles. The topological polar surface area (TPSA) is 42.7 Å². The molecule has 0 spiro atoms. The first-order valence-electron chi connectivity index (χ1n) is 8.58. The van der Waals surface area contributed by atoms with Crippen LogP contribution in [-0.4, -0.2) is 21.3 Å². The monoisotopic (exact) mass is 436 g/mol. The van der Waals surface area contributed by atoms with Gasteiger partial charge < -0.3 is 5.32 Å². The zero-order valence-corrected chi connectivity index (χ0v) is 15.8. The van der Waals surface area contributed by atoms with Gasteiger partial charge in [0.05, 0.1) is 16.9 Å². The summed E-state index contributed by atoms with van der Waals surface area (Å²) in [5, 5.41) is 8.01. The summed E-state index contributed by atoms with van der Waals surface area (Å²) in [6.45, 7) is 0.758. The highest BCUT2D eigenvalue weighted by Crippen LogP contribution is 2.36. The highest BCUT2D eigenvalue weighted by Gasteiger charge is 2.31. The van der Waals surface area contributed by atoms with E-state index in [1.165, 1.54) is 6.07 Å². The molecule has 1 aliphatic heterocycles. The normalized spacial score (nSPS) is 14.4. The number of rotatable bonds is 2. The van der Waals surface area contributed by atoms with Crippen molar-refractivity contribution in [1.29, 1.82) is 0 Å². The lowest BCUT2D eigenvalue weighted by Gasteiger charge is -2.12. The molecule has 0 fully saturated rings. The van der Waals surface area contributed by atoms with Crippen LogP contribution < -0.4 is 5.32 Å². The van der Waals surface area contributed by atoms with Gasteiger partial charge in [-0.1, -0.05) is 6.07 Å². The molecule has 0 radical (unpaired) electrons. The van der Waals surface area contributed by atoms with Crippen molar-refractivity contribution in [2.75, 3.05) is 11.9 Å². The first kappa shape index (κ1) is 18.0. The van der Waals surface area contributed by atoms with Crippen molar-refractivity contribution in [1.82, 2.24) is 14.8 Å². The average molecular weight is 437 g/mol. The summed E-state index contributed by atoms with van der Waals surface area (Å²) in [4.78, 5) is 4.20. The van der Waals surface area contributed by atoms with Gasteiger partial charge in [-0.25, -0.2) is 4.68 Å². The van der Waals surface area contributed by atoms with Gasteiger partial charge in [-0.2, -0.15) is 18.3 Å². The molecule has 27 heavy (non-hydrogen) atoms. The zero-order chi connectivity index (χ0) is 19.0. The lowest BCUT2D eigenvalue weighted by molar-refractivity contribution is -0.137. The van der Waals surface area contributed by atoms with Crippen LogP contribution in [0, 0.1) is 0 Å². The summed E-state index contributed by atoms with van der Waals surface area (Å²) >= 11 is 3.42. The lowest BCUT2D eigenvalue weighted by atomic mass is 10.1. The Morgan fingerprint density at radius 3 is 2.74 bits per heavy atom. The summed E-state index contributed by atoms with van der Waals surface area (Å²) < 4.78 is 41.8. The number of hydrogen-bond donors (Lipinski definition) is 1. The van der Waals surface area contributed by atoms with Crippen LogP contribution in [0.3, 0.4) is 0 Å². The van der Waals surface area contributed by atoms with Gasteiger partial charge in [0.25, 0.3) is 0 Å². The van der Waals surface area contributed by atoms with Gasteiger partial charge in [0.2, 0.25) is 0 Å². The summed E-state index contributed by atoms with van der Waals surface area (Å²) in [6.07, 6.45) is 1.79. The van der Waals surface area contributed by atoms with Crippen molar-refractivity contribution in [2.24, 2.45) is 0 Å². The van der Waals surface area contributed by atoms with E-state index in [0.717, 1.165) is 65.1 Å². The Balaban J connectivity index is 1.89. The predicted molar refractivity (Wildman–Crippen MR) is 101 cm³/mol. The van der Waals surface area contributed by atoms with Crippen molar-refractivity contribution < 1.29 is 13.2 Å². The molecule has 0 saturated heterocycles. The molecule has 0 unspecified atom stereocenters. The summed E-state index contributed by atoms with van der Waals surface area (Å²) in [5.74, 6) is 0.752. The third-order valence-corrected chi connectivity index (χ3v) is 4.96. The van der Waals surface area contributed by atoms with Crippen LogP contribution in [0.15, 0.2) is 47.2 Å². The second-order valence-electron chi connectivity index (χ2n) is 6.41. The first-order valence-corrected chi connectivity index (χ1v) is 9.37. The number of aromatic nitrogens is 3. The van der Waals surface area contributed by atoms with Crippen LogP contribution in [0.1, 0.15) is 24.0 Å². The molecule has 0 bridgehead atoms. The molecule has 3 aromatic rings. The van der Waals surface area contributed by atoms with Crippen LogP contribution in [-0.2, 0) is 12.6 Å². The molecular weight excluding hydrogens is 421 g/mol. The van der Waals surface area contributed by atoms with Crippen molar-refractivity contribution in [2.45, 2.75) is 25.4 Å². The van der Waals surface area contributed by atoms with Crippen LogP contribution in [0.25, 0.3) is 16.9 Å². The third-order valence-electron chi connectivity index (χ3n) is 4.53. The molecule has 0 amide bonds. The maximum atomic E-state index is 13.1. The summed E-state index contributed by atoms with van der Waals surface area (Å²) in [6, 6.07) is 7.15. The Morgan fingerprint density at radius 1 is 1.11 bits per heavy atom. The minimum atomic E-state index is -4.40. The molecule has 8 heteroatoms. The van der Waals surface area contributed by atoms with E-state index in [0.29, 0.717) is 5.69 Å². The van der Waals surface area contributed by atoms with Crippen LogP contribution >= 0.6 is 15.9 Å². The van der Waals surface area contributed by atoms with Gasteiger partial charge in [0.1, 0.15) is 5.82 Å². The van der Waals surface area contributed by atoms with Gasteiger partial charge in [-0.3, -0.25) is 4.98 Å². The minimum Gasteiger partial charge on any atom is -0.370 e. The van der Waals surface area contributed by atoms with Gasteiger partial charge >= 0.3 is 6.18 Å². The molecule has 140 valence electrons. The first-order chi connectivity index (χ1) is 12.9. The van der Waals surface area contributed by atoms with E-state index in [4.69, 9.17) is 0 Å². The smallest absolute Gasteiger partial charge is 0.370 e. The van der Waals surface area contributed by atoms with Crippen LogP contribution in [0.5, 0.6) is 0 Å². The molecule has 1 aliphatic rings. The minimum absolute atomic E-state index is 0.379. The van der Waals surface area contributed by atoms with Gasteiger partial charge in [0.15, 0.2) is 0 Å². The van der Waals surface area contributed by atoms with Crippen molar-refractivity contribution in [3.8, 4) is 16.9 Å². The Hall–Kier alpha value is -2.35.